The maximum Gasteiger partial charge on any atom is 0.0690 e. The topological polar surface area (TPSA) is 64.2 Å². The molecule has 0 spiro atoms. The monoisotopic (exact) mass is 598 g/mol. The number of hydrogen-bond acceptors (Lipinski definition) is 7. The largest absolute Gasteiger partial charge is 0.298 e. The van der Waals surface area contributed by atoms with Crippen molar-refractivity contribution in [3.63, 3.8) is 0 Å². The molecule has 6 nitrogen and oxygen atoms in total. The smallest absolute Gasteiger partial charge is 0.0690 e. The molecule has 0 aliphatic carbocycles. The lowest BCUT2D eigenvalue weighted by Gasteiger charge is -2.50. The van der Waals surface area contributed by atoms with E-state index in [1.54, 1.807) is 0 Å². The average molecular weight is 599 g/mol. The zero-order chi connectivity index (χ0) is 30.1. The van der Waals surface area contributed by atoms with Crippen LogP contribution in [0, 0.1) is 22.7 Å². The Bertz CT molecular complexity index is 1020. The number of hydrogen-bond donors (Lipinski definition) is 4. The van der Waals surface area contributed by atoms with Gasteiger partial charge in [0.15, 0.2) is 0 Å². The lowest BCUT2D eigenvalue weighted by molar-refractivity contribution is 0.00552. The summed E-state index contributed by atoms with van der Waals surface area (Å²) in [5.41, 5.74) is 3.49. The summed E-state index contributed by atoms with van der Waals surface area (Å²) in [5, 5.41) is 12.7. The van der Waals surface area contributed by atoms with Crippen LogP contribution in [-0.4, -0.2) is 52.3 Å². The maximum absolute atomic E-state index is 4.98. The van der Waals surface area contributed by atoms with Crippen LogP contribution >= 0.6 is 11.9 Å². The average Bonchev–Trinajstić information content (AvgIpc) is 3.22. The molecule has 0 radical (unpaired) electrons. The Morgan fingerprint density at radius 3 is 2.55 bits per heavy atom. The lowest BCUT2D eigenvalue weighted by Crippen LogP contribution is -2.63. The molecule has 0 amide bonds. The third kappa shape index (κ3) is 8.51. The minimum absolute atomic E-state index is 0.205. The molecule has 0 aromatic carbocycles. The zero-order valence-electron chi connectivity index (χ0n) is 28.1. The highest BCUT2D eigenvalue weighted by Crippen LogP contribution is 2.42. The van der Waals surface area contributed by atoms with Crippen molar-refractivity contribution in [3.8, 4) is 0 Å². The van der Waals surface area contributed by atoms with Gasteiger partial charge in [0.05, 0.1) is 29.4 Å². The van der Waals surface area contributed by atoms with Gasteiger partial charge in [-0.3, -0.25) is 30.6 Å². The summed E-state index contributed by atoms with van der Waals surface area (Å²) in [6, 6.07) is 5.48. The van der Waals surface area contributed by atoms with E-state index in [9.17, 15) is 0 Å². The summed E-state index contributed by atoms with van der Waals surface area (Å²) in [5.74, 6) is 1.34. The van der Waals surface area contributed by atoms with E-state index in [1.807, 2.05) is 11.9 Å². The zero-order valence-corrected chi connectivity index (χ0v) is 28.9. The van der Waals surface area contributed by atoms with E-state index in [0.29, 0.717) is 41.0 Å². The van der Waals surface area contributed by atoms with E-state index in [4.69, 9.17) is 4.98 Å². The minimum atomic E-state index is 0.205. The molecule has 4 saturated heterocycles. The first-order valence-electron chi connectivity index (χ1n) is 17.2. The second-order valence-electron chi connectivity index (χ2n) is 17.0. The third-order valence-corrected chi connectivity index (χ3v) is 11.6. The third-order valence-electron chi connectivity index (χ3n) is 10.6. The number of piperidine rings is 2. The molecular formula is C35H62N6S. The second kappa shape index (κ2) is 13.3. The molecule has 4 N–H and O–H groups in total. The van der Waals surface area contributed by atoms with Crippen molar-refractivity contribution in [3.05, 3.63) is 29.6 Å². The molecule has 238 valence electrons. The Labute approximate surface area is 262 Å². The van der Waals surface area contributed by atoms with Gasteiger partial charge in [0.2, 0.25) is 0 Å². The van der Waals surface area contributed by atoms with Crippen LogP contribution < -0.4 is 20.7 Å². The lowest BCUT2D eigenvalue weighted by atomic mass is 9.78. The SMILES string of the molecule is CC(C)(C)CCc1ccnc(C2CC[C@@H]3CN(C4NC(C(C)(C)C)CCC4CNSC4CCCC(N4)N2)C(C)(C)C3)c1. The first-order chi connectivity index (χ1) is 19.8. The van der Waals surface area contributed by atoms with E-state index < -0.39 is 0 Å². The van der Waals surface area contributed by atoms with Gasteiger partial charge >= 0.3 is 0 Å². The summed E-state index contributed by atoms with van der Waals surface area (Å²) < 4.78 is 3.87. The number of aromatic nitrogens is 1. The van der Waals surface area contributed by atoms with Crippen LogP contribution in [0.4, 0.5) is 0 Å². The molecule has 4 aliphatic heterocycles. The van der Waals surface area contributed by atoms with Gasteiger partial charge < -0.3 is 0 Å². The highest BCUT2D eigenvalue weighted by molar-refractivity contribution is 7.98. The molecule has 8 atom stereocenters. The van der Waals surface area contributed by atoms with E-state index in [0.717, 1.165) is 19.4 Å². The van der Waals surface area contributed by atoms with Crippen molar-refractivity contribution in [2.45, 2.75) is 155 Å². The first-order valence-corrected chi connectivity index (χ1v) is 18.0. The number of nitrogens with zero attached hydrogens (tertiary/aromatic N) is 2. The Morgan fingerprint density at radius 1 is 0.976 bits per heavy atom. The molecule has 0 saturated carbocycles. The van der Waals surface area contributed by atoms with E-state index in [2.05, 4.69) is 99.3 Å². The van der Waals surface area contributed by atoms with Gasteiger partial charge in [-0.05, 0) is 112 Å². The van der Waals surface area contributed by atoms with Crippen LogP contribution in [0.25, 0.3) is 0 Å². The summed E-state index contributed by atoms with van der Waals surface area (Å²) in [4.78, 5) is 7.85. The van der Waals surface area contributed by atoms with Crippen LogP contribution in [0.5, 0.6) is 0 Å². The van der Waals surface area contributed by atoms with Crippen LogP contribution in [0.3, 0.4) is 0 Å². The summed E-state index contributed by atoms with van der Waals surface area (Å²) in [6.45, 7) is 21.5. The highest BCUT2D eigenvalue weighted by Gasteiger charge is 2.47. The molecule has 7 heteroatoms. The standard InChI is InChI=1S/C35H62N6S/c1-33(2,3)18-16-24-17-19-36-28(20-24)27-14-12-25-21-35(7,8)41(23-25)32-26(13-15-29(39-32)34(4,5)6)22-37-42-31-11-9-10-30(38-27)40-31/h17,19-20,25-27,29-32,37-40H,9-16,18,21-23H2,1-8H3/t25-,26?,27?,29?,30?,31?,32?/m0/s1. The van der Waals surface area contributed by atoms with E-state index in [1.165, 1.54) is 69.2 Å². The fraction of sp³-hybridized carbons (Fsp3) is 0.857. The maximum atomic E-state index is 4.98. The molecule has 42 heavy (non-hydrogen) atoms. The summed E-state index contributed by atoms with van der Waals surface area (Å²) in [6.07, 6.45) is 15.0. The Balaban J connectivity index is 1.38. The molecule has 1 aromatic heterocycles. The van der Waals surface area contributed by atoms with Crippen molar-refractivity contribution in [1.82, 2.24) is 30.6 Å². The van der Waals surface area contributed by atoms with E-state index in [-0.39, 0.29) is 17.0 Å². The van der Waals surface area contributed by atoms with Crippen molar-refractivity contribution >= 4 is 11.9 Å². The Morgan fingerprint density at radius 2 is 1.79 bits per heavy atom. The molecule has 7 unspecified atom stereocenters. The van der Waals surface area contributed by atoms with Crippen LogP contribution in [0.15, 0.2) is 18.3 Å². The predicted molar refractivity (Wildman–Crippen MR) is 179 cm³/mol. The van der Waals surface area contributed by atoms with Gasteiger partial charge in [-0.1, -0.05) is 53.5 Å². The van der Waals surface area contributed by atoms with Crippen molar-refractivity contribution < 1.29 is 0 Å². The van der Waals surface area contributed by atoms with Crippen LogP contribution in [-0.2, 0) is 6.42 Å². The van der Waals surface area contributed by atoms with Crippen molar-refractivity contribution in [1.29, 1.82) is 0 Å². The number of pyridine rings is 1. The molecule has 5 rings (SSSR count). The first kappa shape index (κ1) is 32.7. The van der Waals surface area contributed by atoms with Gasteiger partial charge in [0, 0.05) is 36.8 Å². The van der Waals surface area contributed by atoms with Gasteiger partial charge in [0.1, 0.15) is 0 Å². The fourth-order valence-corrected chi connectivity index (χ4v) is 9.03. The summed E-state index contributed by atoms with van der Waals surface area (Å²) in [7, 11) is 0. The predicted octanol–water partition coefficient (Wildman–Crippen LogP) is 6.99. The number of rotatable bonds is 3. The molecule has 4 aliphatic rings. The van der Waals surface area contributed by atoms with Gasteiger partial charge in [-0.25, -0.2) is 0 Å². The Kier molecular flexibility index (Phi) is 10.4. The van der Waals surface area contributed by atoms with Crippen LogP contribution in [0.2, 0.25) is 0 Å². The van der Waals surface area contributed by atoms with Crippen molar-refractivity contribution in [2.75, 3.05) is 13.1 Å². The fourth-order valence-electron chi connectivity index (χ4n) is 8.00. The quantitative estimate of drug-likeness (QED) is 0.280. The number of aryl methyl sites for hydroxylation is 1. The molecule has 5 heterocycles. The minimum Gasteiger partial charge on any atom is -0.298 e. The van der Waals surface area contributed by atoms with Gasteiger partial charge in [-0.15, -0.1) is 0 Å². The molecule has 1 aromatic rings. The Hall–Kier alpha value is -0.700. The normalized spacial score (nSPS) is 36.5. The van der Waals surface area contributed by atoms with Gasteiger partial charge in [-0.2, -0.15) is 0 Å². The number of fused-ring (bicyclic) bond motifs is 6. The number of nitrogens with one attached hydrogen (secondary N) is 4. The molecule has 4 bridgehead atoms. The van der Waals surface area contributed by atoms with E-state index >= 15 is 0 Å². The molecule has 4 fully saturated rings. The molecular weight excluding hydrogens is 536 g/mol. The highest BCUT2D eigenvalue weighted by atomic mass is 32.2. The second-order valence-corrected chi connectivity index (χ2v) is 18.0. The van der Waals surface area contributed by atoms with Gasteiger partial charge in [0.25, 0.3) is 0 Å². The van der Waals surface area contributed by atoms with Crippen molar-refractivity contribution in [2.24, 2.45) is 22.7 Å². The summed E-state index contributed by atoms with van der Waals surface area (Å²) >= 11 is 1.93. The van der Waals surface area contributed by atoms with Crippen LogP contribution in [0.1, 0.15) is 130 Å².